The average molecular weight is 301 g/mol. The SMILES string of the molecule is Cc1ccccc1C1CCCN1C(=O)c1c(F)cccc1F. The molecule has 1 atom stereocenters. The van der Waals surface area contributed by atoms with Crippen LogP contribution in [0.1, 0.15) is 40.4 Å². The van der Waals surface area contributed by atoms with E-state index in [4.69, 9.17) is 0 Å². The Morgan fingerprint density at radius 1 is 1.09 bits per heavy atom. The van der Waals surface area contributed by atoms with Gasteiger partial charge in [-0.1, -0.05) is 30.3 Å². The molecule has 1 amide bonds. The number of likely N-dealkylation sites (tertiary alicyclic amines) is 1. The van der Waals surface area contributed by atoms with Gasteiger partial charge in [-0.05, 0) is 43.0 Å². The second-order valence-corrected chi connectivity index (χ2v) is 5.61. The van der Waals surface area contributed by atoms with Crippen LogP contribution in [-0.4, -0.2) is 17.4 Å². The van der Waals surface area contributed by atoms with Gasteiger partial charge in [0.05, 0.1) is 6.04 Å². The Kier molecular flexibility index (Phi) is 3.92. The Labute approximate surface area is 128 Å². The van der Waals surface area contributed by atoms with Gasteiger partial charge in [0, 0.05) is 6.54 Å². The van der Waals surface area contributed by atoms with Gasteiger partial charge in [-0.3, -0.25) is 4.79 Å². The molecular formula is C18H17F2NO. The summed E-state index contributed by atoms with van der Waals surface area (Å²) in [6.07, 6.45) is 1.65. The fraction of sp³-hybridized carbons (Fsp3) is 0.278. The van der Waals surface area contributed by atoms with Crippen molar-refractivity contribution in [3.05, 3.63) is 70.8 Å². The zero-order valence-corrected chi connectivity index (χ0v) is 12.4. The van der Waals surface area contributed by atoms with E-state index in [0.29, 0.717) is 6.54 Å². The summed E-state index contributed by atoms with van der Waals surface area (Å²) < 4.78 is 27.8. The zero-order chi connectivity index (χ0) is 15.7. The highest BCUT2D eigenvalue weighted by atomic mass is 19.1. The number of hydrogen-bond acceptors (Lipinski definition) is 1. The van der Waals surface area contributed by atoms with Crippen LogP contribution < -0.4 is 0 Å². The van der Waals surface area contributed by atoms with E-state index >= 15 is 0 Å². The van der Waals surface area contributed by atoms with E-state index in [1.807, 2.05) is 31.2 Å². The Morgan fingerprint density at radius 3 is 2.45 bits per heavy atom. The first-order chi connectivity index (χ1) is 10.6. The van der Waals surface area contributed by atoms with E-state index in [1.165, 1.54) is 6.07 Å². The fourth-order valence-electron chi connectivity index (χ4n) is 3.14. The molecule has 0 radical (unpaired) electrons. The summed E-state index contributed by atoms with van der Waals surface area (Å²) in [6, 6.07) is 11.2. The average Bonchev–Trinajstić information content (AvgIpc) is 2.96. The number of benzene rings is 2. The molecule has 0 saturated carbocycles. The van der Waals surface area contributed by atoms with Gasteiger partial charge in [0.1, 0.15) is 17.2 Å². The minimum Gasteiger partial charge on any atom is -0.331 e. The van der Waals surface area contributed by atoms with E-state index in [2.05, 4.69) is 0 Å². The van der Waals surface area contributed by atoms with Crippen molar-refractivity contribution in [1.29, 1.82) is 0 Å². The standard InChI is InChI=1S/C18H17F2NO/c1-12-6-2-3-7-13(12)16-10-5-11-21(16)18(22)17-14(19)8-4-9-15(17)20/h2-4,6-9,16H,5,10-11H2,1H3. The quantitative estimate of drug-likeness (QED) is 0.812. The van der Waals surface area contributed by atoms with Crippen LogP contribution in [-0.2, 0) is 0 Å². The summed E-state index contributed by atoms with van der Waals surface area (Å²) in [5, 5.41) is 0. The van der Waals surface area contributed by atoms with Gasteiger partial charge in [-0.25, -0.2) is 8.78 Å². The van der Waals surface area contributed by atoms with E-state index in [0.717, 1.165) is 36.1 Å². The number of carbonyl (C=O) groups excluding carboxylic acids is 1. The molecule has 0 aromatic heterocycles. The largest absolute Gasteiger partial charge is 0.331 e. The number of halogens is 2. The molecule has 22 heavy (non-hydrogen) atoms. The predicted octanol–water partition coefficient (Wildman–Crippen LogP) is 4.25. The molecule has 2 aromatic carbocycles. The van der Waals surface area contributed by atoms with Gasteiger partial charge < -0.3 is 4.90 Å². The molecule has 0 spiro atoms. The van der Waals surface area contributed by atoms with Crippen molar-refractivity contribution in [3.8, 4) is 0 Å². The number of carbonyl (C=O) groups is 1. The van der Waals surface area contributed by atoms with Crippen LogP contribution in [0.15, 0.2) is 42.5 Å². The van der Waals surface area contributed by atoms with E-state index < -0.39 is 23.1 Å². The van der Waals surface area contributed by atoms with Crippen molar-refractivity contribution in [3.63, 3.8) is 0 Å². The zero-order valence-electron chi connectivity index (χ0n) is 12.4. The maximum absolute atomic E-state index is 13.9. The molecule has 1 heterocycles. The molecular weight excluding hydrogens is 284 g/mol. The molecule has 3 rings (SSSR count). The molecule has 4 heteroatoms. The van der Waals surface area contributed by atoms with Gasteiger partial charge in [-0.2, -0.15) is 0 Å². The number of rotatable bonds is 2. The summed E-state index contributed by atoms with van der Waals surface area (Å²) in [5.41, 5.74) is 1.68. The highest BCUT2D eigenvalue weighted by molar-refractivity contribution is 5.95. The lowest BCUT2D eigenvalue weighted by molar-refractivity contribution is 0.0725. The second kappa shape index (κ2) is 5.87. The smallest absolute Gasteiger partial charge is 0.260 e. The fourth-order valence-corrected chi connectivity index (χ4v) is 3.14. The summed E-state index contributed by atoms with van der Waals surface area (Å²) in [4.78, 5) is 14.2. The number of aryl methyl sites for hydroxylation is 1. The molecule has 2 nitrogen and oxygen atoms in total. The number of hydrogen-bond donors (Lipinski definition) is 0. The van der Waals surface area contributed by atoms with Crippen LogP contribution >= 0.6 is 0 Å². The summed E-state index contributed by atoms with van der Waals surface area (Å²) >= 11 is 0. The molecule has 0 aliphatic carbocycles. The third kappa shape index (κ3) is 2.49. The first-order valence-electron chi connectivity index (χ1n) is 7.40. The molecule has 1 unspecified atom stereocenters. The first-order valence-corrected chi connectivity index (χ1v) is 7.40. The van der Waals surface area contributed by atoms with Crippen LogP contribution in [0.4, 0.5) is 8.78 Å². The number of amides is 1. The molecule has 0 bridgehead atoms. The Bertz CT molecular complexity index is 694. The molecule has 1 saturated heterocycles. The minimum atomic E-state index is -0.805. The lowest BCUT2D eigenvalue weighted by Gasteiger charge is -2.26. The van der Waals surface area contributed by atoms with Crippen molar-refractivity contribution >= 4 is 5.91 Å². The van der Waals surface area contributed by atoms with Crippen molar-refractivity contribution in [1.82, 2.24) is 4.90 Å². The Hall–Kier alpha value is -2.23. The molecule has 1 aliphatic rings. The molecule has 0 N–H and O–H groups in total. The maximum atomic E-state index is 13.9. The molecule has 114 valence electrons. The van der Waals surface area contributed by atoms with Crippen molar-refractivity contribution in [2.75, 3.05) is 6.54 Å². The lowest BCUT2D eigenvalue weighted by Crippen LogP contribution is -2.32. The summed E-state index contributed by atoms with van der Waals surface area (Å²) in [5.74, 6) is -2.18. The topological polar surface area (TPSA) is 20.3 Å². The van der Waals surface area contributed by atoms with Crippen LogP contribution in [0.2, 0.25) is 0 Å². The Morgan fingerprint density at radius 2 is 1.77 bits per heavy atom. The molecule has 1 fully saturated rings. The predicted molar refractivity (Wildman–Crippen MR) is 80.5 cm³/mol. The minimum absolute atomic E-state index is 0.118. The highest BCUT2D eigenvalue weighted by Gasteiger charge is 2.33. The van der Waals surface area contributed by atoms with Gasteiger partial charge in [0.25, 0.3) is 5.91 Å². The number of nitrogens with zero attached hydrogens (tertiary/aromatic N) is 1. The van der Waals surface area contributed by atoms with Crippen LogP contribution in [0.25, 0.3) is 0 Å². The molecule has 2 aromatic rings. The van der Waals surface area contributed by atoms with Crippen LogP contribution in [0.3, 0.4) is 0 Å². The first kappa shape index (κ1) is 14.7. The van der Waals surface area contributed by atoms with Crippen molar-refractivity contribution in [2.24, 2.45) is 0 Å². The van der Waals surface area contributed by atoms with E-state index in [1.54, 1.807) is 4.90 Å². The summed E-state index contributed by atoms with van der Waals surface area (Å²) in [7, 11) is 0. The van der Waals surface area contributed by atoms with Gasteiger partial charge in [-0.15, -0.1) is 0 Å². The van der Waals surface area contributed by atoms with Crippen LogP contribution in [0.5, 0.6) is 0 Å². The van der Waals surface area contributed by atoms with Crippen molar-refractivity contribution < 1.29 is 13.6 Å². The molecule has 1 aliphatic heterocycles. The lowest BCUT2D eigenvalue weighted by atomic mass is 9.99. The van der Waals surface area contributed by atoms with Gasteiger partial charge >= 0.3 is 0 Å². The Balaban J connectivity index is 1.97. The maximum Gasteiger partial charge on any atom is 0.260 e. The van der Waals surface area contributed by atoms with Crippen LogP contribution in [0, 0.1) is 18.6 Å². The highest BCUT2D eigenvalue weighted by Crippen LogP contribution is 2.35. The van der Waals surface area contributed by atoms with E-state index in [-0.39, 0.29) is 6.04 Å². The van der Waals surface area contributed by atoms with Gasteiger partial charge in [0.2, 0.25) is 0 Å². The normalized spacial score (nSPS) is 17.8. The van der Waals surface area contributed by atoms with E-state index in [9.17, 15) is 13.6 Å². The monoisotopic (exact) mass is 301 g/mol. The third-order valence-electron chi connectivity index (χ3n) is 4.24. The third-order valence-corrected chi connectivity index (χ3v) is 4.24. The summed E-state index contributed by atoms with van der Waals surface area (Å²) in [6.45, 7) is 2.51. The van der Waals surface area contributed by atoms with Crippen molar-refractivity contribution in [2.45, 2.75) is 25.8 Å². The van der Waals surface area contributed by atoms with Gasteiger partial charge in [0.15, 0.2) is 0 Å². The second-order valence-electron chi connectivity index (χ2n) is 5.61.